The summed E-state index contributed by atoms with van der Waals surface area (Å²) in [6.07, 6.45) is 2.37. The van der Waals surface area contributed by atoms with Crippen LogP contribution in [0, 0.1) is 0 Å². The molecule has 3 nitrogen and oxygen atoms in total. The molecule has 1 aliphatic carbocycles. The number of phenols is 1. The quantitative estimate of drug-likeness (QED) is 0.770. The summed E-state index contributed by atoms with van der Waals surface area (Å²) >= 11 is 3.08. The first-order valence-corrected chi connectivity index (χ1v) is 4.69. The van der Waals surface area contributed by atoms with E-state index >= 15 is 0 Å². The molecule has 0 aliphatic heterocycles. The lowest BCUT2D eigenvalue weighted by Crippen LogP contribution is -2.11. The summed E-state index contributed by atoms with van der Waals surface area (Å²) in [4.78, 5) is 22.7. The lowest BCUT2D eigenvalue weighted by molar-refractivity contribution is 0.0991. The van der Waals surface area contributed by atoms with Crippen LogP contribution in [0.5, 0.6) is 5.75 Å². The number of ketones is 2. The summed E-state index contributed by atoms with van der Waals surface area (Å²) in [6.45, 7) is 0. The molecule has 0 amide bonds. The van der Waals surface area contributed by atoms with Gasteiger partial charge in [0.25, 0.3) is 0 Å². The summed E-state index contributed by atoms with van der Waals surface area (Å²) in [5.74, 6) is -0.786. The standard InChI is InChI=1S/C10H5BrO3/c11-6-2-1-5-7(12)3-4-8(13)9(5)10(6)14/h1-4,14H. The maximum atomic E-state index is 11.4. The summed E-state index contributed by atoms with van der Waals surface area (Å²) in [7, 11) is 0. The van der Waals surface area contributed by atoms with Crippen LogP contribution in [0.1, 0.15) is 20.7 Å². The lowest BCUT2D eigenvalue weighted by Gasteiger charge is -2.11. The van der Waals surface area contributed by atoms with Crippen molar-refractivity contribution in [3.05, 3.63) is 39.9 Å². The fourth-order valence-corrected chi connectivity index (χ4v) is 1.68. The van der Waals surface area contributed by atoms with Crippen molar-refractivity contribution < 1.29 is 14.7 Å². The van der Waals surface area contributed by atoms with Crippen LogP contribution in [0.2, 0.25) is 0 Å². The second kappa shape index (κ2) is 3.06. The second-order valence-electron chi connectivity index (χ2n) is 2.88. The Bertz CT molecular complexity index is 475. The van der Waals surface area contributed by atoms with E-state index in [4.69, 9.17) is 0 Å². The van der Waals surface area contributed by atoms with Crippen LogP contribution in [0.3, 0.4) is 0 Å². The zero-order valence-electron chi connectivity index (χ0n) is 6.95. The lowest BCUT2D eigenvalue weighted by atomic mass is 9.94. The van der Waals surface area contributed by atoms with Crippen LogP contribution < -0.4 is 0 Å². The molecule has 0 radical (unpaired) electrons. The molecule has 0 fully saturated rings. The maximum Gasteiger partial charge on any atom is 0.190 e. The van der Waals surface area contributed by atoms with Gasteiger partial charge in [0.1, 0.15) is 5.75 Å². The van der Waals surface area contributed by atoms with Gasteiger partial charge in [-0.1, -0.05) is 0 Å². The molecule has 4 heteroatoms. The van der Waals surface area contributed by atoms with E-state index in [-0.39, 0.29) is 28.4 Å². The number of carbonyl (C=O) groups is 2. The predicted molar refractivity (Wildman–Crippen MR) is 53.6 cm³/mol. The Morgan fingerprint density at radius 2 is 1.71 bits per heavy atom. The number of hydrogen-bond donors (Lipinski definition) is 1. The van der Waals surface area contributed by atoms with E-state index < -0.39 is 0 Å². The maximum absolute atomic E-state index is 11.4. The van der Waals surface area contributed by atoms with Crippen molar-refractivity contribution in [2.24, 2.45) is 0 Å². The van der Waals surface area contributed by atoms with E-state index in [1.165, 1.54) is 12.1 Å². The smallest absolute Gasteiger partial charge is 0.190 e. The van der Waals surface area contributed by atoms with Gasteiger partial charge < -0.3 is 5.11 Å². The van der Waals surface area contributed by atoms with E-state index in [9.17, 15) is 14.7 Å². The van der Waals surface area contributed by atoms with Crippen molar-refractivity contribution in [2.45, 2.75) is 0 Å². The molecular formula is C10H5BrO3. The van der Waals surface area contributed by atoms with Crippen LogP contribution in [-0.4, -0.2) is 16.7 Å². The summed E-state index contributed by atoms with van der Waals surface area (Å²) in [5.41, 5.74) is 0.324. The van der Waals surface area contributed by atoms with Gasteiger partial charge in [-0.3, -0.25) is 9.59 Å². The number of fused-ring (bicyclic) bond motifs is 1. The van der Waals surface area contributed by atoms with E-state index in [0.29, 0.717) is 4.47 Å². The zero-order chi connectivity index (χ0) is 10.3. The van der Waals surface area contributed by atoms with Gasteiger partial charge in [-0.05, 0) is 40.2 Å². The van der Waals surface area contributed by atoms with Gasteiger partial charge in [-0.15, -0.1) is 0 Å². The van der Waals surface area contributed by atoms with Crippen molar-refractivity contribution in [3.8, 4) is 5.75 Å². The molecule has 1 aromatic carbocycles. The van der Waals surface area contributed by atoms with Gasteiger partial charge in [0.15, 0.2) is 11.6 Å². The topological polar surface area (TPSA) is 54.4 Å². The highest BCUT2D eigenvalue weighted by Gasteiger charge is 2.23. The molecule has 70 valence electrons. The number of allylic oxidation sites excluding steroid dienone is 2. The van der Waals surface area contributed by atoms with Crippen LogP contribution in [-0.2, 0) is 0 Å². The second-order valence-corrected chi connectivity index (χ2v) is 3.73. The monoisotopic (exact) mass is 252 g/mol. The number of carbonyl (C=O) groups excluding carboxylic acids is 2. The van der Waals surface area contributed by atoms with Crippen molar-refractivity contribution in [2.75, 3.05) is 0 Å². The fraction of sp³-hybridized carbons (Fsp3) is 0. The molecule has 0 aromatic heterocycles. The summed E-state index contributed by atoms with van der Waals surface area (Å²) in [5, 5.41) is 9.58. The van der Waals surface area contributed by atoms with Gasteiger partial charge in [0.05, 0.1) is 10.0 Å². The Labute approximate surface area is 88.2 Å². The van der Waals surface area contributed by atoms with Crippen molar-refractivity contribution in [1.29, 1.82) is 0 Å². The Balaban J connectivity index is 2.79. The van der Waals surface area contributed by atoms with Gasteiger partial charge in [-0.2, -0.15) is 0 Å². The molecule has 0 heterocycles. The average molecular weight is 253 g/mol. The van der Waals surface area contributed by atoms with Crippen LogP contribution in [0.4, 0.5) is 0 Å². The number of benzene rings is 1. The van der Waals surface area contributed by atoms with Gasteiger partial charge in [-0.25, -0.2) is 0 Å². The first kappa shape index (κ1) is 9.15. The highest BCUT2D eigenvalue weighted by molar-refractivity contribution is 9.10. The van der Waals surface area contributed by atoms with Gasteiger partial charge in [0, 0.05) is 5.56 Å². The first-order valence-electron chi connectivity index (χ1n) is 3.89. The average Bonchev–Trinajstić information content (AvgIpc) is 2.16. The molecule has 0 saturated carbocycles. The number of rotatable bonds is 0. The molecule has 1 N–H and O–H groups in total. The molecule has 1 aliphatic rings. The van der Waals surface area contributed by atoms with E-state index in [2.05, 4.69) is 15.9 Å². The Kier molecular flexibility index (Phi) is 2.00. The normalized spacial score (nSPS) is 14.4. The third kappa shape index (κ3) is 1.19. The van der Waals surface area contributed by atoms with Gasteiger partial charge in [0.2, 0.25) is 0 Å². The molecular weight excluding hydrogens is 248 g/mol. The van der Waals surface area contributed by atoms with Crippen molar-refractivity contribution >= 4 is 27.5 Å². The number of halogens is 1. The van der Waals surface area contributed by atoms with Crippen LogP contribution in [0.25, 0.3) is 0 Å². The number of hydrogen-bond acceptors (Lipinski definition) is 3. The minimum absolute atomic E-state index is 0.0758. The van der Waals surface area contributed by atoms with Crippen molar-refractivity contribution in [1.82, 2.24) is 0 Å². The minimum atomic E-state index is -0.349. The van der Waals surface area contributed by atoms with Crippen molar-refractivity contribution in [3.63, 3.8) is 0 Å². The largest absolute Gasteiger partial charge is 0.506 e. The SMILES string of the molecule is O=C1C=CC(=O)c2c1ccc(Br)c2O. The minimum Gasteiger partial charge on any atom is -0.506 e. The Hall–Kier alpha value is -1.42. The van der Waals surface area contributed by atoms with Crippen LogP contribution >= 0.6 is 15.9 Å². The molecule has 0 unspecified atom stereocenters. The highest BCUT2D eigenvalue weighted by Crippen LogP contribution is 2.32. The zero-order valence-corrected chi connectivity index (χ0v) is 8.54. The molecule has 2 rings (SSSR count). The molecule has 14 heavy (non-hydrogen) atoms. The molecule has 0 spiro atoms. The Morgan fingerprint density at radius 3 is 2.43 bits per heavy atom. The molecule has 0 saturated heterocycles. The molecule has 0 atom stereocenters. The van der Waals surface area contributed by atoms with Crippen LogP contribution in [0.15, 0.2) is 28.8 Å². The predicted octanol–water partition coefficient (Wildman–Crippen LogP) is 2.09. The van der Waals surface area contributed by atoms with E-state index in [1.54, 1.807) is 6.07 Å². The fourth-order valence-electron chi connectivity index (χ4n) is 1.34. The third-order valence-corrected chi connectivity index (χ3v) is 2.67. The summed E-state index contributed by atoms with van der Waals surface area (Å²) < 4.78 is 0.410. The van der Waals surface area contributed by atoms with E-state index in [1.807, 2.05) is 0 Å². The molecule has 0 bridgehead atoms. The number of aromatic hydroxyl groups is 1. The van der Waals surface area contributed by atoms with E-state index in [0.717, 1.165) is 6.08 Å². The Morgan fingerprint density at radius 1 is 1.07 bits per heavy atom. The number of phenolic OH excluding ortho intramolecular Hbond substituents is 1. The highest BCUT2D eigenvalue weighted by atomic mass is 79.9. The third-order valence-electron chi connectivity index (χ3n) is 2.03. The summed E-state index contributed by atoms with van der Waals surface area (Å²) in [6, 6.07) is 3.06. The van der Waals surface area contributed by atoms with Gasteiger partial charge >= 0.3 is 0 Å². The first-order chi connectivity index (χ1) is 6.61. The molecule has 1 aromatic rings.